The Kier molecular flexibility index (Phi) is 6.89. The zero-order valence-corrected chi connectivity index (χ0v) is 15.0. The third-order valence-electron chi connectivity index (χ3n) is 3.75. The van der Waals surface area contributed by atoms with Gasteiger partial charge in [-0.1, -0.05) is 36.2 Å². The first kappa shape index (κ1) is 16.8. The van der Waals surface area contributed by atoms with E-state index in [0.717, 1.165) is 22.0 Å². The maximum absolute atomic E-state index is 6.32. The molecule has 0 saturated carbocycles. The Morgan fingerprint density at radius 3 is 2.50 bits per heavy atom. The zero-order chi connectivity index (χ0) is 14.5. The van der Waals surface area contributed by atoms with Gasteiger partial charge in [0.2, 0.25) is 0 Å². The van der Waals surface area contributed by atoms with Crippen molar-refractivity contribution in [2.24, 2.45) is 0 Å². The van der Waals surface area contributed by atoms with Gasteiger partial charge >= 0.3 is 0 Å². The van der Waals surface area contributed by atoms with Crippen LogP contribution in [0.5, 0.6) is 0 Å². The van der Waals surface area contributed by atoms with Gasteiger partial charge in [0, 0.05) is 38.1 Å². The van der Waals surface area contributed by atoms with Crippen molar-refractivity contribution in [1.29, 1.82) is 0 Å². The highest BCUT2D eigenvalue weighted by atomic mass is 35.5. The molecule has 112 valence electrons. The molecule has 1 aliphatic rings. The van der Waals surface area contributed by atoms with E-state index in [4.69, 9.17) is 23.2 Å². The fourth-order valence-electron chi connectivity index (χ4n) is 2.64. The molecule has 0 bridgehead atoms. The fraction of sp³-hybridized carbons (Fsp3) is 0.600. The van der Waals surface area contributed by atoms with E-state index in [2.05, 4.69) is 35.8 Å². The standard InChI is InChI=1S/C15H21Cl2NS2/c1-3-14-15(20-8-7-19-14)13(18-2)9-10-11(16)5-4-6-12(10)17/h4-6,13-15,18H,3,7-9H2,1-2H3. The minimum Gasteiger partial charge on any atom is -0.316 e. The monoisotopic (exact) mass is 349 g/mol. The lowest BCUT2D eigenvalue weighted by Crippen LogP contribution is -2.45. The molecule has 1 aromatic rings. The molecule has 1 N–H and O–H groups in total. The molecule has 1 nitrogen and oxygen atoms in total. The molecule has 1 aromatic carbocycles. The van der Waals surface area contributed by atoms with Crippen molar-refractivity contribution >= 4 is 46.7 Å². The highest BCUT2D eigenvalue weighted by Gasteiger charge is 2.31. The van der Waals surface area contributed by atoms with E-state index in [1.54, 1.807) is 0 Å². The van der Waals surface area contributed by atoms with Gasteiger partial charge in [0.05, 0.1) is 0 Å². The van der Waals surface area contributed by atoms with Crippen LogP contribution < -0.4 is 5.32 Å². The second-order valence-electron chi connectivity index (χ2n) is 4.95. The Balaban J connectivity index is 2.15. The minimum absolute atomic E-state index is 0.412. The van der Waals surface area contributed by atoms with Crippen LogP contribution in [-0.2, 0) is 6.42 Å². The maximum Gasteiger partial charge on any atom is 0.0453 e. The van der Waals surface area contributed by atoms with Crippen LogP contribution in [0.2, 0.25) is 10.0 Å². The number of halogens is 2. The molecule has 0 radical (unpaired) electrons. The Morgan fingerprint density at radius 2 is 1.90 bits per heavy atom. The summed E-state index contributed by atoms with van der Waals surface area (Å²) in [6, 6.07) is 6.17. The first-order chi connectivity index (χ1) is 9.67. The molecular weight excluding hydrogens is 329 g/mol. The van der Waals surface area contributed by atoms with Gasteiger partial charge in [0.25, 0.3) is 0 Å². The Bertz CT molecular complexity index is 422. The first-order valence-electron chi connectivity index (χ1n) is 7.00. The lowest BCUT2D eigenvalue weighted by molar-refractivity contribution is 0.517. The lowest BCUT2D eigenvalue weighted by Gasteiger charge is -2.36. The van der Waals surface area contributed by atoms with Crippen LogP contribution in [0.1, 0.15) is 18.9 Å². The highest BCUT2D eigenvalue weighted by molar-refractivity contribution is 8.07. The molecule has 0 spiro atoms. The quantitative estimate of drug-likeness (QED) is 0.823. The van der Waals surface area contributed by atoms with Crippen molar-refractivity contribution in [3.05, 3.63) is 33.8 Å². The van der Waals surface area contributed by atoms with Crippen molar-refractivity contribution in [2.75, 3.05) is 18.6 Å². The van der Waals surface area contributed by atoms with Gasteiger partial charge in [-0.3, -0.25) is 0 Å². The first-order valence-corrected chi connectivity index (χ1v) is 9.86. The van der Waals surface area contributed by atoms with Crippen molar-refractivity contribution in [3.63, 3.8) is 0 Å². The van der Waals surface area contributed by atoms with Crippen molar-refractivity contribution in [3.8, 4) is 0 Å². The van der Waals surface area contributed by atoms with Crippen LogP contribution in [0.15, 0.2) is 18.2 Å². The van der Waals surface area contributed by atoms with Gasteiger partial charge in [-0.15, -0.1) is 0 Å². The van der Waals surface area contributed by atoms with Gasteiger partial charge in [0.15, 0.2) is 0 Å². The molecule has 0 aliphatic carbocycles. The van der Waals surface area contributed by atoms with Gasteiger partial charge in [0.1, 0.15) is 0 Å². The average molecular weight is 350 g/mol. The summed E-state index contributed by atoms with van der Waals surface area (Å²) in [6.45, 7) is 2.28. The number of benzene rings is 1. The van der Waals surface area contributed by atoms with Crippen LogP contribution in [0.3, 0.4) is 0 Å². The minimum atomic E-state index is 0.412. The number of rotatable bonds is 5. The number of hydrogen-bond donors (Lipinski definition) is 1. The third-order valence-corrected chi connectivity index (χ3v) is 7.86. The van der Waals surface area contributed by atoms with Gasteiger partial charge < -0.3 is 5.32 Å². The summed E-state index contributed by atoms with van der Waals surface area (Å²) in [7, 11) is 2.04. The molecule has 3 atom stereocenters. The summed E-state index contributed by atoms with van der Waals surface area (Å²) in [4.78, 5) is 0. The van der Waals surface area contributed by atoms with Crippen molar-refractivity contribution in [1.82, 2.24) is 5.32 Å². The van der Waals surface area contributed by atoms with E-state index in [1.165, 1.54) is 17.9 Å². The van der Waals surface area contributed by atoms with E-state index < -0.39 is 0 Å². The van der Waals surface area contributed by atoms with Gasteiger partial charge in [-0.25, -0.2) is 0 Å². The van der Waals surface area contributed by atoms with Crippen molar-refractivity contribution in [2.45, 2.75) is 36.3 Å². The Hall–Kier alpha value is 0.460. The molecule has 5 heteroatoms. The molecule has 2 rings (SSSR count). The lowest BCUT2D eigenvalue weighted by atomic mass is 10.00. The second-order valence-corrected chi connectivity index (χ2v) is 8.40. The van der Waals surface area contributed by atoms with E-state index in [-0.39, 0.29) is 0 Å². The number of hydrogen-bond acceptors (Lipinski definition) is 3. The Labute approximate surface area is 140 Å². The molecule has 1 saturated heterocycles. The number of likely N-dealkylation sites (N-methyl/N-ethyl adjacent to an activating group) is 1. The van der Waals surface area contributed by atoms with Crippen LogP contribution in [0, 0.1) is 0 Å². The predicted octanol–water partition coefficient (Wildman–Crippen LogP) is 4.75. The largest absolute Gasteiger partial charge is 0.316 e. The molecule has 1 fully saturated rings. The predicted molar refractivity (Wildman–Crippen MR) is 95.8 cm³/mol. The molecule has 20 heavy (non-hydrogen) atoms. The molecular formula is C15H21Cl2NS2. The summed E-state index contributed by atoms with van der Waals surface area (Å²) in [5, 5.41) is 6.38. The van der Waals surface area contributed by atoms with E-state index in [0.29, 0.717) is 16.5 Å². The zero-order valence-electron chi connectivity index (χ0n) is 11.9. The molecule has 0 amide bonds. The van der Waals surface area contributed by atoms with Crippen LogP contribution >= 0.6 is 46.7 Å². The van der Waals surface area contributed by atoms with Crippen LogP contribution in [-0.4, -0.2) is 35.1 Å². The summed E-state index contributed by atoms with van der Waals surface area (Å²) >= 11 is 16.8. The fourth-order valence-corrected chi connectivity index (χ4v) is 6.50. The summed E-state index contributed by atoms with van der Waals surface area (Å²) in [6.07, 6.45) is 2.11. The summed E-state index contributed by atoms with van der Waals surface area (Å²) in [5.41, 5.74) is 1.07. The van der Waals surface area contributed by atoms with E-state index in [9.17, 15) is 0 Å². The molecule has 1 heterocycles. The molecule has 0 aromatic heterocycles. The number of thioether (sulfide) groups is 2. The summed E-state index contributed by atoms with van der Waals surface area (Å²) in [5.74, 6) is 2.50. The highest BCUT2D eigenvalue weighted by Crippen LogP contribution is 2.37. The number of nitrogens with one attached hydrogen (secondary N) is 1. The Morgan fingerprint density at radius 1 is 1.25 bits per heavy atom. The van der Waals surface area contributed by atoms with E-state index >= 15 is 0 Å². The van der Waals surface area contributed by atoms with Gasteiger partial charge in [-0.2, -0.15) is 23.5 Å². The third kappa shape index (κ3) is 4.01. The maximum atomic E-state index is 6.32. The SMILES string of the molecule is CCC1SCCSC1C(Cc1c(Cl)cccc1Cl)NC. The smallest absolute Gasteiger partial charge is 0.0453 e. The normalized spacial score (nSPS) is 24.6. The summed E-state index contributed by atoms with van der Waals surface area (Å²) < 4.78 is 0. The molecule has 3 unspecified atom stereocenters. The van der Waals surface area contributed by atoms with Gasteiger partial charge in [-0.05, 0) is 37.6 Å². The topological polar surface area (TPSA) is 12.0 Å². The van der Waals surface area contributed by atoms with Crippen molar-refractivity contribution < 1.29 is 0 Å². The van der Waals surface area contributed by atoms with Crippen LogP contribution in [0.4, 0.5) is 0 Å². The average Bonchev–Trinajstić information content (AvgIpc) is 2.47. The second kappa shape index (κ2) is 8.19. The van der Waals surface area contributed by atoms with E-state index in [1.807, 2.05) is 25.2 Å². The molecule has 1 aliphatic heterocycles. The van der Waals surface area contributed by atoms with Crippen LogP contribution in [0.25, 0.3) is 0 Å².